The van der Waals surface area contributed by atoms with Crippen molar-refractivity contribution in [3.63, 3.8) is 0 Å². The average Bonchev–Trinajstić information content (AvgIpc) is 3.69. The number of hydrogen-bond acceptors (Lipinski definition) is 7. The van der Waals surface area contributed by atoms with Crippen molar-refractivity contribution >= 4 is 11.5 Å². The number of benzene rings is 5. The molecule has 52 heavy (non-hydrogen) atoms. The van der Waals surface area contributed by atoms with Crippen LogP contribution < -0.4 is 4.90 Å². The summed E-state index contributed by atoms with van der Waals surface area (Å²) in [7, 11) is 0. The van der Waals surface area contributed by atoms with Gasteiger partial charge in [0.2, 0.25) is 5.82 Å². The van der Waals surface area contributed by atoms with E-state index in [0.717, 1.165) is 58.2 Å². The number of anilines is 1. The fourth-order valence-corrected chi connectivity index (χ4v) is 7.01. The maximum absolute atomic E-state index is 11.9. The molecule has 2 heterocycles. The van der Waals surface area contributed by atoms with E-state index in [-0.39, 0.29) is 10.6 Å². The first-order valence-electron chi connectivity index (χ1n) is 17.6. The second kappa shape index (κ2) is 15.6. The van der Waals surface area contributed by atoms with Gasteiger partial charge in [0.05, 0.1) is 4.92 Å². The van der Waals surface area contributed by atoms with Crippen LogP contribution in [0.3, 0.4) is 0 Å². The van der Waals surface area contributed by atoms with Gasteiger partial charge < -0.3 is 4.90 Å². The normalized spacial score (nSPS) is 11.3. The van der Waals surface area contributed by atoms with Gasteiger partial charge in [-0.1, -0.05) is 159 Å². The van der Waals surface area contributed by atoms with Crippen molar-refractivity contribution in [3.8, 4) is 22.5 Å². The predicted octanol–water partition coefficient (Wildman–Crippen LogP) is 9.35. The lowest BCUT2D eigenvalue weighted by Gasteiger charge is -2.36. The minimum Gasteiger partial charge on any atom is -0.347 e. The lowest BCUT2D eigenvalue weighted by Crippen LogP contribution is -2.39. The zero-order valence-electron chi connectivity index (χ0n) is 29.0. The van der Waals surface area contributed by atoms with Gasteiger partial charge in [-0.3, -0.25) is 10.1 Å². The first-order valence-corrected chi connectivity index (χ1v) is 17.6. The average molecular weight is 686 g/mol. The Hall–Kier alpha value is -6.48. The third kappa shape index (κ3) is 6.68. The van der Waals surface area contributed by atoms with E-state index in [1.165, 1.54) is 6.07 Å². The van der Waals surface area contributed by atoms with Gasteiger partial charge in [-0.15, -0.1) is 5.10 Å². The molecule has 0 fully saturated rings. The first-order chi connectivity index (χ1) is 25.6. The van der Waals surface area contributed by atoms with E-state index in [1.54, 1.807) is 12.3 Å². The molecular weight excluding hydrogens is 647 g/mol. The summed E-state index contributed by atoms with van der Waals surface area (Å²) in [5.41, 5.74) is 6.11. The van der Waals surface area contributed by atoms with E-state index >= 15 is 0 Å². The van der Waals surface area contributed by atoms with E-state index in [9.17, 15) is 10.1 Å². The Morgan fingerprint density at radius 2 is 1.27 bits per heavy atom. The molecule has 0 aliphatic rings. The second-order valence-electron chi connectivity index (χ2n) is 12.7. The van der Waals surface area contributed by atoms with Crippen molar-refractivity contribution in [3.05, 3.63) is 190 Å². The van der Waals surface area contributed by atoms with Gasteiger partial charge in [-0.2, -0.15) is 0 Å². The molecular formula is C43H39N7O2. The molecule has 9 heteroatoms. The Bertz CT molecular complexity index is 2130. The molecule has 0 aliphatic carbocycles. The highest BCUT2D eigenvalue weighted by molar-refractivity contribution is 5.81. The van der Waals surface area contributed by atoms with Crippen molar-refractivity contribution in [2.75, 3.05) is 11.4 Å². The quantitative estimate of drug-likeness (QED) is 0.0486. The number of unbranched alkanes of at least 4 members (excludes halogenated alkanes) is 2. The Balaban J connectivity index is 1.30. The molecule has 0 radical (unpaired) electrons. The molecule has 9 nitrogen and oxygen atoms in total. The van der Waals surface area contributed by atoms with E-state index in [4.69, 9.17) is 10.3 Å². The Kier molecular flexibility index (Phi) is 10.2. The van der Waals surface area contributed by atoms with E-state index in [2.05, 4.69) is 89.9 Å². The predicted molar refractivity (Wildman–Crippen MR) is 205 cm³/mol. The minimum atomic E-state index is -0.880. The number of aromatic nitrogens is 5. The fourth-order valence-electron chi connectivity index (χ4n) is 7.01. The standard InChI is InChI=1S/C43H39N7O2/c1-2-3-15-31-48(42-40(50(51)52)25-16-30-44-42)32-33-26-28-34(29-27-33)38-23-13-14-24-39(38)41-45-46-47-49(41)43(35-17-7-4-8-18-35,36-19-9-5-10-20-36)37-21-11-6-12-22-37/h4-14,16-30H,2-3,15,31-32H2,1H3. The molecule has 7 aromatic rings. The summed E-state index contributed by atoms with van der Waals surface area (Å²) in [5.74, 6) is 1.02. The van der Waals surface area contributed by atoms with Gasteiger partial charge in [0.25, 0.3) is 0 Å². The zero-order valence-corrected chi connectivity index (χ0v) is 29.0. The SMILES string of the molecule is CCCCCN(Cc1ccc(-c2ccccc2-c2nnnn2C(c2ccccc2)(c2ccccc2)c2ccccc2)cc1)c1ncccc1[N+](=O)[O-]. The molecule has 0 saturated heterocycles. The molecule has 0 N–H and O–H groups in total. The summed E-state index contributed by atoms with van der Waals surface area (Å²) in [6, 6.07) is 50.8. The molecule has 2 aromatic heterocycles. The maximum Gasteiger partial charge on any atom is 0.311 e. The topological polar surface area (TPSA) is 103 Å². The highest BCUT2D eigenvalue weighted by atomic mass is 16.6. The van der Waals surface area contributed by atoms with Gasteiger partial charge in [0, 0.05) is 30.9 Å². The lowest BCUT2D eigenvalue weighted by atomic mass is 9.77. The van der Waals surface area contributed by atoms with Crippen LogP contribution in [0.2, 0.25) is 0 Å². The van der Waals surface area contributed by atoms with Gasteiger partial charge >= 0.3 is 5.69 Å². The molecule has 0 atom stereocenters. The molecule has 258 valence electrons. The molecule has 7 rings (SSSR count). The molecule has 0 bridgehead atoms. The number of hydrogen-bond donors (Lipinski definition) is 0. The van der Waals surface area contributed by atoms with Crippen molar-refractivity contribution in [1.29, 1.82) is 0 Å². The molecule has 0 amide bonds. The number of tetrazole rings is 1. The summed E-state index contributed by atoms with van der Waals surface area (Å²) in [4.78, 5) is 18.0. The minimum absolute atomic E-state index is 0.0138. The highest BCUT2D eigenvalue weighted by Gasteiger charge is 2.42. The van der Waals surface area contributed by atoms with Gasteiger partial charge in [-0.05, 0) is 56.3 Å². The first kappa shape index (κ1) is 34.0. The second-order valence-corrected chi connectivity index (χ2v) is 12.7. The Morgan fingerprint density at radius 1 is 0.692 bits per heavy atom. The summed E-state index contributed by atoms with van der Waals surface area (Å²) >= 11 is 0. The van der Waals surface area contributed by atoms with Crippen molar-refractivity contribution < 1.29 is 4.92 Å². The van der Waals surface area contributed by atoms with E-state index < -0.39 is 5.54 Å². The number of pyridine rings is 1. The summed E-state index contributed by atoms with van der Waals surface area (Å²) in [6.45, 7) is 3.31. The van der Waals surface area contributed by atoms with Crippen molar-refractivity contribution in [2.24, 2.45) is 0 Å². The van der Waals surface area contributed by atoms with E-state index in [0.29, 0.717) is 24.7 Å². The number of rotatable bonds is 14. The number of nitro groups is 1. The third-order valence-electron chi connectivity index (χ3n) is 9.46. The zero-order chi connectivity index (χ0) is 35.8. The molecule has 0 unspecified atom stereocenters. The van der Waals surface area contributed by atoms with Crippen LogP contribution in [0, 0.1) is 10.1 Å². The molecule has 0 spiro atoms. The Morgan fingerprint density at radius 3 is 1.85 bits per heavy atom. The van der Waals surface area contributed by atoms with Crippen LogP contribution >= 0.6 is 0 Å². The van der Waals surface area contributed by atoms with E-state index in [1.807, 2.05) is 76.3 Å². The van der Waals surface area contributed by atoms with Crippen LogP contribution in [-0.2, 0) is 12.1 Å². The largest absolute Gasteiger partial charge is 0.347 e. The van der Waals surface area contributed by atoms with Crippen LogP contribution in [0.25, 0.3) is 22.5 Å². The smallest absolute Gasteiger partial charge is 0.311 e. The highest BCUT2D eigenvalue weighted by Crippen LogP contribution is 2.43. The molecule has 0 aliphatic heterocycles. The van der Waals surface area contributed by atoms with Crippen LogP contribution in [0.1, 0.15) is 48.4 Å². The van der Waals surface area contributed by atoms with Crippen molar-refractivity contribution in [1.82, 2.24) is 25.2 Å². The monoisotopic (exact) mass is 685 g/mol. The Labute approximate surface area is 303 Å². The van der Waals surface area contributed by atoms with Crippen molar-refractivity contribution in [2.45, 2.75) is 38.3 Å². The summed E-state index contributed by atoms with van der Waals surface area (Å²) < 4.78 is 1.95. The van der Waals surface area contributed by atoms with Crippen LogP contribution in [0.5, 0.6) is 0 Å². The lowest BCUT2D eigenvalue weighted by molar-refractivity contribution is -0.384. The molecule has 0 saturated carbocycles. The maximum atomic E-state index is 11.9. The summed E-state index contributed by atoms with van der Waals surface area (Å²) in [6.07, 6.45) is 4.62. The fraction of sp³-hybridized carbons (Fsp3) is 0.163. The summed E-state index contributed by atoms with van der Waals surface area (Å²) in [5, 5.41) is 25.6. The third-order valence-corrected chi connectivity index (χ3v) is 9.46. The molecule has 5 aromatic carbocycles. The number of nitrogens with zero attached hydrogens (tertiary/aromatic N) is 7. The van der Waals surface area contributed by atoms with Gasteiger partial charge in [0.15, 0.2) is 5.82 Å². The van der Waals surface area contributed by atoms with Crippen LogP contribution in [0.15, 0.2) is 158 Å². The van der Waals surface area contributed by atoms with Crippen LogP contribution in [0.4, 0.5) is 11.5 Å². The van der Waals surface area contributed by atoms with Gasteiger partial charge in [-0.25, -0.2) is 9.67 Å². The van der Waals surface area contributed by atoms with Crippen LogP contribution in [-0.4, -0.2) is 36.7 Å². The van der Waals surface area contributed by atoms with Gasteiger partial charge in [0.1, 0.15) is 5.54 Å².